The highest BCUT2D eigenvalue weighted by Gasteiger charge is 2.26. The van der Waals surface area contributed by atoms with Crippen LogP contribution in [0.3, 0.4) is 0 Å². The van der Waals surface area contributed by atoms with Crippen molar-refractivity contribution in [3.63, 3.8) is 0 Å². The fraction of sp³-hybridized carbons (Fsp3) is 0.615. The van der Waals surface area contributed by atoms with E-state index in [1.807, 2.05) is 6.26 Å². The van der Waals surface area contributed by atoms with Crippen molar-refractivity contribution in [2.24, 2.45) is 5.92 Å². The third-order valence-corrected chi connectivity index (χ3v) is 5.90. The molecule has 2 heterocycles. The summed E-state index contributed by atoms with van der Waals surface area (Å²) in [6.45, 7) is 2.08. The van der Waals surface area contributed by atoms with Gasteiger partial charge in [0, 0.05) is 26.7 Å². The zero-order valence-corrected chi connectivity index (χ0v) is 13.4. The van der Waals surface area contributed by atoms with Crippen LogP contribution in [0.4, 0.5) is 10.7 Å². The number of hydrogen-bond acceptors (Lipinski definition) is 6. The number of nitrogens with zero attached hydrogens (tertiary/aromatic N) is 1. The maximum Gasteiger partial charge on any atom is 0.263 e. The van der Waals surface area contributed by atoms with Gasteiger partial charge in [0.25, 0.3) is 5.91 Å². The van der Waals surface area contributed by atoms with Gasteiger partial charge in [-0.25, -0.2) is 0 Å². The van der Waals surface area contributed by atoms with E-state index in [-0.39, 0.29) is 12.5 Å². The molecule has 0 bridgehead atoms. The number of hydrogen-bond donors (Lipinski definition) is 3. The van der Waals surface area contributed by atoms with Crippen LogP contribution in [-0.4, -0.2) is 44.0 Å². The topological polar surface area (TPSA) is 78.6 Å². The molecule has 1 saturated heterocycles. The lowest BCUT2D eigenvalue weighted by molar-refractivity contribution is 0.0968. The van der Waals surface area contributed by atoms with Crippen LogP contribution in [0.15, 0.2) is 4.90 Å². The quantitative estimate of drug-likeness (QED) is 0.736. The second kappa shape index (κ2) is 6.69. The summed E-state index contributed by atoms with van der Waals surface area (Å²) in [6.07, 6.45) is 3.95. The first-order valence-electron chi connectivity index (χ1n) is 6.66. The molecule has 2 rings (SSSR count). The fourth-order valence-electron chi connectivity index (χ4n) is 2.42. The lowest BCUT2D eigenvalue weighted by Crippen LogP contribution is -2.34. The number of aliphatic hydroxyl groups excluding tert-OH is 1. The van der Waals surface area contributed by atoms with Gasteiger partial charge in [-0.1, -0.05) is 0 Å². The van der Waals surface area contributed by atoms with Gasteiger partial charge < -0.3 is 21.1 Å². The molecule has 1 fully saturated rings. The summed E-state index contributed by atoms with van der Waals surface area (Å²) >= 11 is 3.05. The first-order valence-corrected chi connectivity index (χ1v) is 8.70. The number of thiophene rings is 1. The predicted molar refractivity (Wildman–Crippen MR) is 85.9 cm³/mol. The molecule has 1 aliphatic heterocycles. The average Bonchev–Trinajstić information content (AvgIpc) is 2.83. The minimum Gasteiger partial charge on any atom is -0.396 e. The molecule has 1 aliphatic rings. The third-order valence-electron chi connectivity index (χ3n) is 3.68. The Balaban J connectivity index is 2.25. The van der Waals surface area contributed by atoms with Gasteiger partial charge in [0.1, 0.15) is 9.88 Å². The van der Waals surface area contributed by atoms with E-state index >= 15 is 0 Å². The molecule has 1 aromatic heterocycles. The number of carbonyl (C=O) groups is 1. The number of piperidine rings is 1. The van der Waals surface area contributed by atoms with E-state index < -0.39 is 0 Å². The van der Waals surface area contributed by atoms with Crippen LogP contribution < -0.4 is 16.0 Å². The van der Waals surface area contributed by atoms with E-state index in [1.54, 1.807) is 18.8 Å². The maximum absolute atomic E-state index is 11.9. The van der Waals surface area contributed by atoms with Gasteiger partial charge in [0.05, 0.1) is 10.6 Å². The summed E-state index contributed by atoms with van der Waals surface area (Å²) in [6, 6.07) is 0. The standard InChI is InChI=1S/C13H21N3O2S2/c1-15-12(18)10-9(14)11(19-2)13(20-10)16-5-3-8(7-17)4-6-16/h8,17H,3-7,14H2,1-2H3,(H,15,18). The Morgan fingerprint density at radius 1 is 1.55 bits per heavy atom. The molecule has 4 N–H and O–H groups in total. The highest BCUT2D eigenvalue weighted by Crippen LogP contribution is 2.44. The minimum absolute atomic E-state index is 0.126. The van der Waals surface area contributed by atoms with Crippen LogP contribution in [0.1, 0.15) is 22.5 Å². The second-order valence-electron chi connectivity index (χ2n) is 4.88. The lowest BCUT2D eigenvalue weighted by atomic mass is 9.98. The lowest BCUT2D eigenvalue weighted by Gasteiger charge is -2.32. The highest BCUT2D eigenvalue weighted by atomic mass is 32.2. The molecular weight excluding hydrogens is 294 g/mol. The van der Waals surface area contributed by atoms with E-state index in [0.717, 1.165) is 35.8 Å². The summed E-state index contributed by atoms with van der Waals surface area (Å²) < 4.78 is 0. The molecule has 0 atom stereocenters. The number of nitrogens with two attached hydrogens (primary N) is 1. The monoisotopic (exact) mass is 315 g/mol. The Kier molecular flexibility index (Phi) is 5.17. The molecule has 0 spiro atoms. The first-order chi connectivity index (χ1) is 9.62. The van der Waals surface area contributed by atoms with Crippen LogP contribution in [0, 0.1) is 5.92 Å². The number of carbonyl (C=O) groups excluding carboxylic acids is 1. The summed E-state index contributed by atoms with van der Waals surface area (Å²) in [5.41, 5.74) is 6.70. The molecule has 1 amide bonds. The third kappa shape index (κ3) is 2.89. The van der Waals surface area contributed by atoms with Gasteiger partial charge in [-0.05, 0) is 25.0 Å². The Morgan fingerprint density at radius 2 is 2.20 bits per heavy atom. The van der Waals surface area contributed by atoms with Crippen LogP contribution in [0.2, 0.25) is 0 Å². The zero-order chi connectivity index (χ0) is 14.7. The number of thioether (sulfide) groups is 1. The van der Waals surface area contributed by atoms with Crippen molar-refractivity contribution in [3.8, 4) is 0 Å². The smallest absolute Gasteiger partial charge is 0.263 e. The summed E-state index contributed by atoms with van der Waals surface area (Å²) in [4.78, 5) is 15.7. The zero-order valence-electron chi connectivity index (χ0n) is 11.8. The molecular formula is C13H21N3O2S2. The number of nitrogen functional groups attached to an aromatic ring is 1. The second-order valence-corrected chi connectivity index (χ2v) is 6.69. The molecule has 1 aromatic rings. The van der Waals surface area contributed by atoms with Gasteiger partial charge in [0.15, 0.2) is 0 Å². The Hall–Kier alpha value is -0.920. The van der Waals surface area contributed by atoms with Gasteiger partial charge >= 0.3 is 0 Å². The van der Waals surface area contributed by atoms with E-state index in [9.17, 15) is 9.90 Å². The molecule has 0 unspecified atom stereocenters. The summed E-state index contributed by atoms with van der Waals surface area (Å²) in [5.74, 6) is 0.277. The minimum atomic E-state index is -0.126. The van der Waals surface area contributed by atoms with Crippen LogP contribution in [0.25, 0.3) is 0 Å². The van der Waals surface area contributed by atoms with Crippen molar-refractivity contribution in [1.29, 1.82) is 0 Å². The van der Waals surface area contributed by atoms with Gasteiger partial charge in [-0.2, -0.15) is 0 Å². The predicted octanol–water partition coefficient (Wildman–Crippen LogP) is 1.62. The normalized spacial score (nSPS) is 16.4. The Labute approximate surface area is 127 Å². The van der Waals surface area contributed by atoms with E-state index in [4.69, 9.17) is 5.73 Å². The number of nitrogens with one attached hydrogen (secondary N) is 1. The van der Waals surface area contributed by atoms with Crippen molar-refractivity contribution in [1.82, 2.24) is 5.32 Å². The molecule has 5 nitrogen and oxygen atoms in total. The van der Waals surface area contributed by atoms with Crippen molar-refractivity contribution in [2.45, 2.75) is 17.7 Å². The highest BCUT2D eigenvalue weighted by molar-refractivity contribution is 7.99. The van der Waals surface area contributed by atoms with Crippen molar-refractivity contribution in [3.05, 3.63) is 4.88 Å². The Morgan fingerprint density at radius 3 is 2.70 bits per heavy atom. The molecule has 112 valence electrons. The van der Waals surface area contributed by atoms with Crippen molar-refractivity contribution < 1.29 is 9.90 Å². The molecule has 0 radical (unpaired) electrons. The number of rotatable bonds is 4. The van der Waals surface area contributed by atoms with Crippen LogP contribution in [-0.2, 0) is 0 Å². The van der Waals surface area contributed by atoms with E-state index in [0.29, 0.717) is 16.5 Å². The first kappa shape index (κ1) is 15.5. The molecule has 20 heavy (non-hydrogen) atoms. The SMILES string of the molecule is CNC(=O)c1sc(N2CCC(CO)CC2)c(SC)c1N. The van der Waals surface area contributed by atoms with Crippen molar-refractivity contribution in [2.75, 3.05) is 43.6 Å². The molecule has 0 aromatic carbocycles. The Bertz CT molecular complexity index is 482. The summed E-state index contributed by atoms with van der Waals surface area (Å²) in [5, 5.41) is 12.9. The summed E-state index contributed by atoms with van der Waals surface area (Å²) in [7, 11) is 1.62. The average molecular weight is 315 g/mol. The molecule has 7 heteroatoms. The van der Waals surface area contributed by atoms with E-state index in [2.05, 4.69) is 10.2 Å². The molecule has 0 saturated carbocycles. The van der Waals surface area contributed by atoms with Crippen LogP contribution in [0.5, 0.6) is 0 Å². The number of aliphatic hydroxyl groups is 1. The van der Waals surface area contributed by atoms with Gasteiger partial charge in [0.2, 0.25) is 0 Å². The van der Waals surface area contributed by atoms with E-state index in [1.165, 1.54) is 11.3 Å². The van der Waals surface area contributed by atoms with Crippen molar-refractivity contribution >= 4 is 39.7 Å². The van der Waals surface area contributed by atoms with Crippen LogP contribution >= 0.6 is 23.1 Å². The van der Waals surface area contributed by atoms with Gasteiger partial charge in [-0.15, -0.1) is 23.1 Å². The number of amides is 1. The van der Waals surface area contributed by atoms with Gasteiger partial charge in [-0.3, -0.25) is 4.79 Å². The molecule has 0 aliphatic carbocycles. The number of anilines is 2. The largest absolute Gasteiger partial charge is 0.396 e. The maximum atomic E-state index is 11.9. The fourth-order valence-corrected chi connectivity index (χ4v) is 4.60.